The second-order valence-electron chi connectivity index (χ2n) is 6.32. The molecule has 1 heterocycles. The molecule has 0 unspecified atom stereocenters. The predicted molar refractivity (Wildman–Crippen MR) is 92.2 cm³/mol. The van der Waals surface area contributed by atoms with Crippen LogP contribution in [0.1, 0.15) is 32.3 Å². The highest BCUT2D eigenvalue weighted by Crippen LogP contribution is 2.29. The van der Waals surface area contributed by atoms with Gasteiger partial charge >= 0.3 is 0 Å². The van der Waals surface area contributed by atoms with E-state index in [9.17, 15) is 4.79 Å². The van der Waals surface area contributed by atoms with E-state index in [1.165, 1.54) is 6.42 Å². The Bertz CT molecular complexity index is 519. The van der Waals surface area contributed by atoms with Crippen LogP contribution in [0, 0.1) is 5.41 Å². The number of thioether (sulfide) groups is 1. The third-order valence-electron chi connectivity index (χ3n) is 3.73. The second kappa shape index (κ2) is 7.26. The summed E-state index contributed by atoms with van der Waals surface area (Å²) < 4.78 is 0. The Morgan fingerprint density at radius 3 is 2.76 bits per heavy atom. The van der Waals surface area contributed by atoms with Crippen molar-refractivity contribution in [2.45, 2.75) is 32.4 Å². The van der Waals surface area contributed by atoms with E-state index in [0.717, 1.165) is 30.8 Å². The van der Waals surface area contributed by atoms with E-state index in [1.54, 1.807) is 17.8 Å². The molecule has 1 aliphatic heterocycles. The first kappa shape index (κ1) is 17.0. The number of rotatable bonds is 4. The van der Waals surface area contributed by atoms with Gasteiger partial charge in [0.05, 0.1) is 15.8 Å². The highest BCUT2D eigenvalue weighted by molar-refractivity contribution is 7.99. The van der Waals surface area contributed by atoms with Crippen LogP contribution in [0.25, 0.3) is 0 Å². The minimum absolute atomic E-state index is 0.243. The largest absolute Gasteiger partial charge is 0.341 e. The molecule has 1 aromatic carbocycles. The van der Waals surface area contributed by atoms with Gasteiger partial charge in [0, 0.05) is 18.8 Å². The van der Waals surface area contributed by atoms with E-state index in [2.05, 4.69) is 13.8 Å². The van der Waals surface area contributed by atoms with Crippen molar-refractivity contribution in [1.82, 2.24) is 4.90 Å². The number of likely N-dealkylation sites (tertiary alicyclic amines) is 1. The number of carbonyl (C=O) groups is 1. The number of amides is 1. The van der Waals surface area contributed by atoms with Gasteiger partial charge in [-0.3, -0.25) is 4.79 Å². The maximum atomic E-state index is 12.3. The second-order valence-corrected chi connectivity index (χ2v) is 8.12. The fraction of sp³-hybridized carbons (Fsp3) is 0.562. The van der Waals surface area contributed by atoms with Crippen LogP contribution in [0.4, 0.5) is 0 Å². The molecule has 5 heteroatoms. The smallest absolute Gasteiger partial charge is 0.232 e. The van der Waals surface area contributed by atoms with Crippen molar-refractivity contribution >= 4 is 40.9 Å². The normalized spacial score (nSPS) is 17.8. The maximum Gasteiger partial charge on any atom is 0.232 e. The zero-order chi connectivity index (χ0) is 15.5. The van der Waals surface area contributed by atoms with Crippen molar-refractivity contribution in [3.63, 3.8) is 0 Å². The lowest BCUT2D eigenvalue weighted by Crippen LogP contribution is -2.44. The van der Waals surface area contributed by atoms with Gasteiger partial charge in [-0.05, 0) is 36.0 Å². The number of benzene rings is 1. The van der Waals surface area contributed by atoms with E-state index < -0.39 is 0 Å². The molecule has 2 nitrogen and oxygen atoms in total. The number of nitrogens with zero attached hydrogens (tertiary/aromatic N) is 1. The SMILES string of the molecule is CC1(C)CCCN(C(=O)CSCc2ccc(Cl)c(Cl)c2)C1. The molecule has 0 bridgehead atoms. The highest BCUT2D eigenvalue weighted by Gasteiger charge is 2.28. The van der Waals surface area contributed by atoms with E-state index in [0.29, 0.717) is 15.8 Å². The van der Waals surface area contributed by atoms with Gasteiger partial charge in [0.2, 0.25) is 5.91 Å². The Hall–Kier alpha value is -0.380. The number of carbonyl (C=O) groups excluding carboxylic acids is 1. The zero-order valence-electron chi connectivity index (χ0n) is 12.5. The fourth-order valence-electron chi connectivity index (χ4n) is 2.61. The van der Waals surface area contributed by atoms with Crippen molar-refractivity contribution in [3.8, 4) is 0 Å². The van der Waals surface area contributed by atoms with Crippen LogP contribution >= 0.6 is 35.0 Å². The zero-order valence-corrected chi connectivity index (χ0v) is 14.8. The maximum absolute atomic E-state index is 12.3. The molecule has 21 heavy (non-hydrogen) atoms. The highest BCUT2D eigenvalue weighted by atomic mass is 35.5. The summed E-state index contributed by atoms with van der Waals surface area (Å²) in [6.07, 6.45) is 2.31. The molecule has 1 saturated heterocycles. The predicted octanol–water partition coefficient (Wildman–Crippen LogP) is 4.88. The minimum atomic E-state index is 0.243. The van der Waals surface area contributed by atoms with Gasteiger partial charge in [0.1, 0.15) is 0 Å². The lowest BCUT2D eigenvalue weighted by molar-refractivity contribution is -0.131. The number of halogens is 2. The van der Waals surface area contributed by atoms with Gasteiger partial charge in [-0.2, -0.15) is 0 Å². The Morgan fingerprint density at radius 2 is 2.10 bits per heavy atom. The minimum Gasteiger partial charge on any atom is -0.341 e. The van der Waals surface area contributed by atoms with Gasteiger partial charge in [0.25, 0.3) is 0 Å². The Balaban J connectivity index is 1.80. The average Bonchev–Trinajstić information content (AvgIpc) is 2.41. The standard InChI is InChI=1S/C16H21Cl2NOS/c1-16(2)6-3-7-19(11-16)15(20)10-21-9-12-4-5-13(17)14(18)8-12/h4-5,8H,3,6-7,9-11H2,1-2H3. The summed E-state index contributed by atoms with van der Waals surface area (Å²) >= 11 is 13.5. The molecule has 1 fully saturated rings. The van der Waals surface area contributed by atoms with Gasteiger partial charge < -0.3 is 4.90 Å². The van der Waals surface area contributed by atoms with Gasteiger partial charge in [-0.1, -0.05) is 43.1 Å². The van der Waals surface area contributed by atoms with Crippen molar-refractivity contribution in [2.75, 3.05) is 18.8 Å². The van der Waals surface area contributed by atoms with E-state index in [-0.39, 0.29) is 11.3 Å². The molecule has 0 saturated carbocycles. The summed E-state index contributed by atoms with van der Waals surface area (Å²) in [7, 11) is 0. The molecule has 1 aromatic rings. The Morgan fingerprint density at radius 1 is 1.33 bits per heavy atom. The van der Waals surface area contributed by atoms with Crippen LogP contribution < -0.4 is 0 Å². The molecule has 2 rings (SSSR count). The molecular weight excluding hydrogens is 325 g/mol. The van der Waals surface area contributed by atoms with Gasteiger partial charge in [-0.15, -0.1) is 11.8 Å². The van der Waals surface area contributed by atoms with Crippen molar-refractivity contribution in [1.29, 1.82) is 0 Å². The average molecular weight is 346 g/mol. The van der Waals surface area contributed by atoms with Crippen molar-refractivity contribution in [3.05, 3.63) is 33.8 Å². The molecule has 0 spiro atoms. The van der Waals surface area contributed by atoms with Crippen LogP contribution in [0.3, 0.4) is 0 Å². The van der Waals surface area contributed by atoms with Crippen LogP contribution in [-0.2, 0) is 10.5 Å². The third kappa shape index (κ3) is 5.08. The lowest BCUT2D eigenvalue weighted by Gasteiger charge is -2.38. The molecule has 1 aliphatic rings. The first-order valence-corrected chi connectivity index (χ1v) is 9.08. The summed E-state index contributed by atoms with van der Waals surface area (Å²) in [5.74, 6) is 1.55. The molecule has 0 aliphatic carbocycles. The van der Waals surface area contributed by atoms with E-state index >= 15 is 0 Å². The molecule has 0 radical (unpaired) electrons. The van der Waals surface area contributed by atoms with E-state index in [1.807, 2.05) is 17.0 Å². The topological polar surface area (TPSA) is 20.3 Å². The monoisotopic (exact) mass is 345 g/mol. The summed E-state index contributed by atoms with van der Waals surface area (Å²) in [6, 6.07) is 5.62. The quantitative estimate of drug-likeness (QED) is 0.775. The van der Waals surface area contributed by atoms with Crippen LogP contribution in [0.5, 0.6) is 0 Å². The summed E-state index contributed by atoms with van der Waals surface area (Å²) in [5, 5.41) is 1.14. The van der Waals surface area contributed by atoms with E-state index in [4.69, 9.17) is 23.2 Å². The first-order valence-electron chi connectivity index (χ1n) is 7.17. The molecule has 0 N–H and O–H groups in total. The third-order valence-corrected chi connectivity index (χ3v) is 5.46. The summed E-state index contributed by atoms with van der Waals surface area (Å²) in [6.45, 7) is 6.24. The first-order chi connectivity index (χ1) is 9.87. The molecule has 116 valence electrons. The molecule has 0 atom stereocenters. The molecule has 0 aromatic heterocycles. The Kier molecular flexibility index (Phi) is 5.87. The van der Waals surface area contributed by atoms with Crippen molar-refractivity contribution < 1.29 is 4.79 Å². The van der Waals surface area contributed by atoms with Crippen LogP contribution in [0.15, 0.2) is 18.2 Å². The summed E-state index contributed by atoms with van der Waals surface area (Å²) in [4.78, 5) is 14.3. The van der Waals surface area contributed by atoms with Crippen molar-refractivity contribution in [2.24, 2.45) is 5.41 Å². The molecule has 1 amide bonds. The number of hydrogen-bond acceptors (Lipinski definition) is 2. The Labute approximate surface area is 141 Å². The van der Waals surface area contributed by atoms with Crippen LogP contribution in [0.2, 0.25) is 10.0 Å². The fourth-order valence-corrected chi connectivity index (χ4v) is 3.81. The summed E-state index contributed by atoms with van der Waals surface area (Å²) in [5.41, 5.74) is 1.35. The lowest BCUT2D eigenvalue weighted by atomic mass is 9.84. The van der Waals surface area contributed by atoms with Gasteiger partial charge in [0.15, 0.2) is 0 Å². The van der Waals surface area contributed by atoms with Gasteiger partial charge in [-0.25, -0.2) is 0 Å². The molecular formula is C16H21Cl2NOS. The number of hydrogen-bond donors (Lipinski definition) is 0. The van der Waals surface area contributed by atoms with Crippen LogP contribution in [-0.4, -0.2) is 29.6 Å². The number of piperidine rings is 1.